The summed E-state index contributed by atoms with van der Waals surface area (Å²) in [5.41, 5.74) is 5.24. The molecular weight excluding hydrogens is 524 g/mol. The number of hydrazone groups is 1. The van der Waals surface area contributed by atoms with E-state index in [1.165, 1.54) is 38.5 Å². The molecule has 0 spiro atoms. The van der Waals surface area contributed by atoms with Crippen molar-refractivity contribution in [1.29, 1.82) is 0 Å². The number of hydrogen-bond donors (Lipinski definition) is 1. The van der Waals surface area contributed by atoms with E-state index in [-0.39, 0.29) is 0 Å². The molecule has 0 unspecified atom stereocenters. The number of benzene rings is 2. The third kappa shape index (κ3) is 6.31. The molecule has 4 aromatic rings. The fourth-order valence-electron chi connectivity index (χ4n) is 5.39. The van der Waals surface area contributed by atoms with Gasteiger partial charge in [0.25, 0.3) is 0 Å². The number of ether oxygens (including phenoxy) is 1. The normalized spacial score (nSPS) is 16.1. The number of rotatable bonds is 9. The molecular formula is C30H35ClN8O. The van der Waals surface area contributed by atoms with Crippen LogP contribution in [0.3, 0.4) is 0 Å². The van der Waals surface area contributed by atoms with Gasteiger partial charge in [0.05, 0.1) is 12.8 Å². The summed E-state index contributed by atoms with van der Waals surface area (Å²) in [6.07, 6.45) is 11.1. The van der Waals surface area contributed by atoms with E-state index in [4.69, 9.17) is 31.3 Å². The lowest BCUT2D eigenvalue weighted by molar-refractivity contribution is 0.300. The Morgan fingerprint density at radius 3 is 2.15 bits per heavy atom. The van der Waals surface area contributed by atoms with Crippen LogP contribution in [0.15, 0.2) is 59.8 Å². The highest BCUT2D eigenvalue weighted by molar-refractivity contribution is 6.30. The van der Waals surface area contributed by atoms with Crippen LogP contribution >= 0.6 is 11.6 Å². The summed E-state index contributed by atoms with van der Waals surface area (Å²) in [5, 5.41) is 6.38. The Morgan fingerprint density at radius 1 is 0.825 bits per heavy atom. The minimum atomic E-state index is 0.479. The highest BCUT2D eigenvalue weighted by atomic mass is 35.5. The van der Waals surface area contributed by atoms with Gasteiger partial charge >= 0.3 is 0 Å². The first-order chi connectivity index (χ1) is 19.7. The lowest BCUT2D eigenvalue weighted by atomic mass is 10.1. The topological polar surface area (TPSA) is 83.7 Å². The number of anilines is 3. The first kappa shape index (κ1) is 26.4. The van der Waals surface area contributed by atoms with Gasteiger partial charge in [-0.3, -0.25) is 0 Å². The Balaban J connectivity index is 1.19. The van der Waals surface area contributed by atoms with Gasteiger partial charge in [-0.15, -0.1) is 0 Å². The highest BCUT2D eigenvalue weighted by Crippen LogP contribution is 2.24. The van der Waals surface area contributed by atoms with Crippen LogP contribution in [0.25, 0.3) is 10.9 Å². The predicted molar refractivity (Wildman–Crippen MR) is 162 cm³/mol. The maximum atomic E-state index is 5.98. The standard InChI is InChI=1S/C30H35ClN8O/c31-24-11-13-25(14-12-24)40-20-19-39-22-23(26-9-3-4-10-27(26)39)21-32-36-28-33-29(37-15-5-1-6-16-37)35-30(34-28)38-17-7-2-8-18-38/h3-4,9-14,21-22H,1-2,5-8,15-20H2,(H,33,34,35,36)/b32-21-. The van der Waals surface area contributed by atoms with Gasteiger partial charge in [-0.2, -0.15) is 20.1 Å². The molecule has 10 heteroatoms. The quantitative estimate of drug-likeness (QED) is 0.200. The van der Waals surface area contributed by atoms with Crippen molar-refractivity contribution in [2.24, 2.45) is 5.10 Å². The number of aromatic nitrogens is 4. The number of fused-ring (bicyclic) bond motifs is 1. The van der Waals surface area contributed by atoms with Crippen LogP contribution in [0.5, 0.6) is 5.75 Å². The van der Waals surface area contributed by atoms with E-state index < -0.39 is 0 Å². The molecule has 2 aromatic carbocycles. The lowest BCUT2D eigenvalue weighted by Gasteiger charge is -2.30. The van der Waals surface area contributed by atoms with E-state index in [0.29, 0.717) is 24.1 Å². The summed E-state index contributed by atoms with van der Waals surface area (Å²) < 4.78 is 8.12. The summed E-state index contributed by atoms with van der Waals surface area (Å²) in [5.74, 6) is 2.76. The van der Waals surface area contributed by atoms with E-state index in [1.54, 1.807) is 0 Å². The number of para-hydroxylation sites is 1. The first-order valence-corrected chi connectivity index (χ1v) is 14.6. The average Bonchev–Trinajstić information content (AvgIpc) is 3.36. The number of hydrogen-bond acceptors (Lipinski definition) is 8. The highest BCUT2D eigenvalue weighted by Gasteiger charge is 2.20. The van der Waals surface area contributed by atoms with Crippen LogP contribution in [0, 0.1) is 0 Å². The van der Waals surface area contributed by atoms with Crippen LogP contribution in [0.4, 0.5) is 17.8 Å². The van der Waals surface area contributed by atoms with Crippen molar-refractivity contribution in [1.82, 2.24) is 19.5 Å². The summed E-state index contributed by atoms with van der Waals surface area (Å²) in [7, 11) is 0. The van der Waals surface area contributed by atoms with Crippen LogP contribution in [-0.4, -0.2) is 58.5 Å². The van der Waals surface area contributed by atoms with Gasteiger partial charge in [0.15, 0.2) is 0 Å². The van der Waals surface area contributed by atoms with Crippen molar-refractivity contribution in [3.05, 3.63) is 65.3 Å². The third-order valence-corrected chi connectivity index (χ3v) is 7.74. The molecule has 40 heavy (non-hydrogen) atoms. The minimum Gasteiger partial charge on any atom is -0.492 e. The van der Waals surface area contributed by atoms with E-state index in [1.807, 2.05) is 42.6 Å². The van der Waals surface area contributed by atoms with Crippen molar-refractivity contribution in [3.63, 3.8) is 0 Å². The van der Waals surface area contributed by atoms with E-state index in [9.17, 15) is 0 Å². The zero-order valence-corrected chi connectivity index (χ0v) is 23.4. The maximum Gasteiger partial charge on any atom is 0.250 e. The van der Waals surface area contributed by atoms with Crippen molar-refractivity contribution in [2.75, 3.05) is 48.0 Å². The molecule has 2 saturated heterocycles. The molecule has 2 aliphatic rings. The third-order valence-electron chi connectivity index (χ3n) is 7.49. The molecule has 9 nitrogen and oxygen atoms in total. The fourth-order valence-corrected chi connectivity index (χ4v) is 5.52. The van der Waals surface area contributed by atoms with E-state index in [0.717, 1.165) is 60.3 Å². The van der Waals surface area contributed by atoms with Crippen LogP contribution in [-0.2, 0) is 6.54 Å². The molecule has 1 N–H and O–H groups in total. The maximum absolute atomic E-state index is 5.98. The molecule has 6 rings (SSSR count). The van der Waals surface area contributed by atoms with E-state index >= 15 is 0 Å². The summed E-state index contributed by atoms with van der Waals surface area (Å²) in [4.78, 5) is 18.9. The number of piperidine rings is 2. The number of nitrogens with zero attached hydrogens (tertiary/aromatic N) is 7. The summed E-state index contributed by atoms with van der Waals surface area (Å²) in [6, 6.07) is 15.8. The van der Waals surface area contributed by atoms with Gasteiger partial charge in [0.2, 0.25) is 17.8 Å². The second kappa shape index (κ2) is 12.6. The molecule has 0 amide bonds. The van der Waals surface area contributed by atoms with Gasteiger partial charge < -0.3 is 19.1 Å². The average molecular weight is 559 g/mol. The van der Waals surface area contributed by atoms with Crippen molar-refractivity contribution in [3.8, 4) is 5.75 Å². The molecule has 2 aliphatic heterocycles. The monoisotopic (exact) mass is 558 g/mol. The first-order valence-electron chi connectivity index (χ1n) is 14.2. The van der Waals surface area contributed by atoms with Gasteiger partial charge in [0, 0.05) is 53.9 Å². The summed E-state index contributed by atoms with van der Waals surface area (Å²) in [6.45, 7) is 5.16. The molecule has 4 heterocycles. The van der Waals surface area contributed by atoms with Crippen LogP contribution < -0.4 is 20.0 Å². The molecule has 0 bridgehead atoms. The Bertz CT molecular complexity index is 1410. The van der Waals surface area contributed by atoms with Gasteiger partial charge in [-0.05, 0) is 68.9 Å². The summed E-state index contributed by atoms with van der Waals surface area (Å²) >= 11 is 5.98. The minimum absolute atomic E-state index is 0.479. The molecule has 2 aromatic heterocycles. The van der Waals surface area contributed by atoms with Crippen molar-refractivity contribution < 1.29 is 4.74 Å². The molecule has 0 atom stereocenters. The second-order valence-corrected chi connectivity index (χ2v) is 10.8. The predicted octanol–water partition coefficient (Wildman–Crippen LogP) is 5.99. The molecule has 208 valence electrons. The Hall–Kier alpha value is -3.85. The lowest BCUT2D eigenvalue weighted by Crippen LogP contribution is -2.34. The Kier molecular flexibility index (Phi) is 8.28. The Labute approximate surface area is 239 Å². The van der Waals surface area contributed by atoms with Gasteiger partial charge in [-0.25, -0.2) is 5.43 Å². The zero-order chi connectivity index (χ0) is 27.1. The molecule has 0 aliphatic carbocycles. The van der Waals surface area contributed by atoms with Crippen molar-refractivity contribution >= 4 is 46.6 Å². The van der Waals surface area contributed by atoms with Crippen LogP contribution in [0.2, 0.25) is 5.02 Å². The Morgan fingerprint density at radius 2 is 1.48 bits per heavy atom. The SMILES string of the molecule is Clc1ccc(OCCn2cc(/C=N\Nc3nc(N4CCCCC4)nc(N4CCCCC4)n3)c3ccccc32)cc1. The van der Waals surface area contributed by atoms with Gasteiger partial charge in [-0.1, -0.05) is 29.8 Å². The van der Waals surface area contributed by atoms with Gasteiger partial charge in [0.1, 0.15) is 12.4 Å². The zero-order valence-electron chi connectivity index (χ0n) is 22.7. The van der Waals surface area contributed by atoms with E-state index in [2.05, 4.69) is 43.2 Å². The number of halogens is 1. The smallest absolute Gasteiger partial charge is 0.250 e. The second-order valence-electron chi connectivity index (χ2n) is 10.3. The van der Waals surface area contributed by atoms with Crippen molar-refractivity contribution in [2.45, 2.75) is 45.1 Å². The molecule has 2 fully saturated rings. The largest absolute Gasteiger partial charge is 0.492 e. The molecule has 0 saturated carbocycles. The fraction of sp³-hybridized carbons (Fsp3) is 0.400. The number of nitrogens with one attached hydrogen (secondary N) is 1. The van der Waals surface area contributed by atoms with Crippen LogP contribution in [0.1, 0.15) is 44.1 Å². The molecule has 0 radical (unpaired) electrons.